The third kappa shape index (κ3) is 3.74. The summed E-state index contributed by atoms with van der Waals surface area (Å²) in [7, 11) is 0. The fourth-order valence-corrected chi connectivity index (χ4v) is 2.71. The number of furan rings is 1. The molecule has 6 heteroatoms. The average Bonchev–Trinajstić information content (AvgIpc) is 3.12. The van der Waals surface area contributed by atoms with Gasteiger partial charge in [-0.3, -0.25) is 9.48 Å². The van der Waals surface area contributed by atoms with E-state index in [-0.39, 0.29) is 5.91 Å². The van der Waals surface area contributed by atoms with E-state index in [2.05, 4.69) is 10.4 Å². The van der Waals surface area contributed by atoms with Crippen LogP contribution in [0.15, 0.2) is 40.9 Å². The van der Waals surface area contributed by atoms with E-state index >= 15 is 0 Å². The number of aromatic nitrogens is 2. The topological polar surface area (TPSA) is 60.1 Å². The highest BCUT2D eigenvalue weighted by molar-refractivity contribution is 6.35. The number of fused-ring (bicyclic) bond motifs is 1. The zero-order valence-electron chi connectivity index (χ0n) is 12.9. The van der Waals surface area contributed by atoms with Crippen molar-refractivity contribution in [2.24, 2.45) is 0 Å². The van der Waals surface area contributed by atoms with Gasteiger partial charge < -0.3 is 9.73 Å². The fraction of sp³-hybridized carbons (Fsp3) is 0.294. The number of carbonyl (C=O) groups is 1. The van der Waals surface area contributed by atoms with Gasteiger partial charge in [0, 0.05) is 24.8 Å². The van der Waals surface area contributed by atoms with E-state index < -0.39 is 0 Å². The molecule has 2 aromatic heterocycles. The molecule has 5 nitrogen and oxygen atoms in total. The molecule has 2 heterocycles. The summed E-state index contributed by atoms with van der Waals surface area (Å²) in [4.78, 5) is 11.9. The van der Waals surface area contributed by atoms with E-state index in [1.165, 1.54) is 0 Å². The number of hydrogen-bond donors (Lipinski definition) is 1. The molecule has 1 N–H and O–H groups in total. The molecule has 0 saturated carbocycles. The quantitative estimate of drug-likeness (QED) is 0.753. The molecule has 3 rings (SSSR count). The average molecular weight is 332 g/mol. The van der Waals surface area contributed by atoms with E-state index in [4.69, 9.17) is 16.0 Å². The molecular formula is C17H18ClN3O2. The molecule has 1 amide bonds. The van der Waals surface area contributed by atoms with Crippen molar-refractivity contribution in [3.8, 4) is 0 Å². The highest BCUT2D eigenvalue weighted by atomic mass is 35.5. The van der Waals surface area contributed by atoms with Gasteiger partial charge in [-0.1, -0.05) is 17.7 Å². The Morgan fingerprint density at radius 1 is 1.35 bits per heavy atom. The van der Waals surface area contributed by atoms with Crippen LogP contribution in [-0.2, 0) is 17.8 Å². The first-order chi connectivity index (χ1) is 11.1. The largest absolute Gasteiger partial charge is 0.466 e. The normalized spacial score (nSPS) is 11.0. The number of benzene rings is 1. The third-order valence-electron chi connectivity index (χ3n) is 3.67. The summed E-state index contributed by atoms with van der Waals surface area (Å²) in [5.74, 6) is 1.77. The molecule has 3 aromatic rings. The molecule has 0 aliphatic heterocycles. The number of carbonyl (C=O) groups excluding carboxylic acids is 1. The summed E-state index contributed by atoms with van der Waals surface area (Å²) in [6, 6.07) is 9.52. The Kier molecular flexibility index (Phi) is 4.67. The molecule has 23 heavy (non-hydrogen) atoms. The lowest BCUT2D eigenvalue weighted by Crippen LogP contribution is -2.26. The molecule has 0 radical (unpaired) electrons. The minimum atomic E-state index is -0.000967. The van der Waals surface area contributed by atoms with E-state index in [0.29, 0.717) is 31.0 Å². The van der Waals surface area contributed by atoms with Crippen molar-refractivity contribution < 1.29 is 9.21 Å². The van der Waals surface area contributed by atoms with Gasteiger partial charge in [0.2, 0.25) is 5.91 Å². The highest BCUT2D eigenvalue weighted by Gasteiger charge is 2.08. The molecule has 0 fully saturated rings. The van der Waals surface area contributed by atoms with Crippen LogP contribution in [0, 0.1) is 6.92 Å². The Morgan fingerprint density at radius 2 is 2.22 bits per heavy atom. The molecule has 120 valence electrons. The predicted octanol–water partition coefficient (Wildman–Crippen LogP) is 3.34. The van der Waals surface area contributed by atoms with Gasteiger partial charge in [0.05, 0.1) is 23.3 Å². The molecule has 0 atom stereocenters. The van der Waals surface area contributed by atoms with Crippen LogP contribution in [0.3, 0.4) is 0 Å². The molecule has 1 aromatic carbocycles. The maximum atomic E-state index is 11.9. The van der Waals surface area contributed by atoms with E-state index in [1.807, 2.05) is 37.3 Å². The van der Waals surface area contributed by atoms with Crippen LogP contribution in [0.5, 0.6) is 0 Å². The molecular weight excluding hydrogens is 314 g/mol. The monoisotopic (exact) mass is 331 g/mol. The Hall–Kier alpha value is -2.27. The fourth-order valence-electron chi connectivity index (χ4n) is 2.49. The number of aryl methyl sites for hydroxylation is 2. The summed E-state index contributed by atoms with van der Waals surface area (Å²) in [6.07, 6.45) is 2.80. The van der Waals surface area contributed by atoms with Crippen LogP contribution < -0.4 is 5.32 Å². The number of amides is 1. The lowest BCUT2D eigenvalue weighted by molar-refractivity contribution is -0.121. The van der Waals surface area contributed by atoms with Gasteiger partial charge >= 0.3 is 0 Å². The van der Waals surface area contributed by atoms with Gasteiger partial charge in [-0.05, 0) is 31.2 Å². The summed E-state index contributed by atoms with van der Waals surface area (Å²) < 4.78 is 7.27. The lowest BCUT2D eigenvalue weighted by atomic mass is 10.2. The smallest absolute Gasteiger partial charge is 0.221 e. The zero-order chi connectivity index (χ0) is 16.2. The first-order valence-electron chi connectivity index (χ1n) is 7.55. The van der Waals surface area contributed by atoms with Crippen LogP contribution in [0.2, 0.25) is 5.02 Å². The Labute approximate surface area is 139 Å². The van der Waals surface area contributed by atoms with Crippen molar-refractivity contribution in [1.29, 1.82) is 0 Å². The van der Waals surface area contributed by atoms with Gasteiger partial charge in [0.15, 0.2) is 0 Å². The van der Waals surface area contributed by atoms with Crippen molar-refractivity contribution >= 4 is 28.4 Å². The minimum Gasteiger partial charge on any atom is -0.466 e. The Morgan fingerprint density at radius 3 is 3.00 bits per heavy atom. The van der Waals surface area contributed by atoms with Gasteiger partial charge in [-0.2, -0.15) is 5.10 Å². The maximum absolute atomic E-state index is 11.9. The highest BCUT2D eigenvalue weighted by Crippen LogP contribution is 2.22. The molecule has 0 unspecified atom stereocenters. The maximum Gasteiger partial charge on any atom is 0.221 e. The van der Waals surface area contributed by atoms with E-state index in [1.54, 1.807) is 10.9 Å². The summed E-state index contributed by atoms with van der Waals surface area (Å²) >= 11 is 6.12. The van der Waals surface area contributed by atoms with Crippen molar-refractivity contribution in [3.63, 3.8) is 0 Å². The van der Waals surface area contributed by atoms with Crippen LogP contribution in [-0.4, -0.2) is 22.2 Å². The summed E-state index contributed by atoms with van der Waals surface area (Å²) in [5, 5.41) is 8.77. The van der Waals surface area contributed by atoms with E-state index in [0.717, 1.165) is 22.4 Å². The van der Waals surface area contributed by atoms with Gasteiger partial charge in [-0.25, -0.2) is 0 Å². The van der Waals surface area contributed by atoms with Gasteiger partial charge in [-0.15, -0.1) is 0 Å². The van der Waals surface area contributed by atoms with Gasteiger partial charge in [0.1, 0.15) is 11.5 Å². The summed E-state index contributed by atoms with van der Waals surface area (Å²) in [6.45, 7) is 3.00. The van der Waals surface area contributed by atoms with Crippen molar-refractivity contribution in [2.45, 2.75) is 26.3 Å². The minimum absolute atomic E-state index is 0.000967. The third-order valence-corrected chi connectivity index (χ3v) is 4.00. The number of halogens is 1. The summed E-state index contributed by atoms with van der Waals surface area (Å²) in [5.41, 5.74) is 0.941. The number of nitrogens with zero attached hydrogens (tertiary/aromatic N) is 2. The van der Waals surface area contributed by atoms with Crippen molar-refractivity contribution in [1.82, 2.24) is 15.1 Å². The van der Waals surface area contributed by atoms with Crippen LogP contribution in [0.1, 0.15) is 17.9 Å². The molecule has 0 saturated heterocycles. The second-order valence-electron chi connectivity index (χ2n) is 5.40. The van der Waals surface area contributed by atoms with Crippen LogP contribution in [0.25, 0.3) is 10.9 Å². The Bertz CT molecular complexity index is 822. The SMILES string of the molecule is Cc1ccc(CCNC(=O)CCn2ncc3c(Cl)cccc32)o1. The Balaban J connectivity index is 1.49. The molecule has 0 aliphatic rings. The van der Waals surface area contributed by atoms with Gasteiger partial charge in [0.25, 0.3) is 0 Å². The number of nitrogens with one attached hydrogen (secondary N) is 1. The zero-order valence-corrected chi connectivity index (χ0v) is 13.6. The lowest BCUT2D eigenvalue weighted by Gasteiger charge is -2.05. The molecule has 0 spiro atoms. The van der Waals surface area contributed by atoms with Crippen molar-refractivity contribution in [3.05, 3.63) is 53.1 Å². The van der Waals surface area contributed by atoms with Crippen molar-refractivity contribution in [2.75, 3.05) is 6.54 Å². The first kappa shape index (κ1) is 15.6. The standard InChI is InChI=1S/C17H18ClN3O2/c1-12-5-6-13(23-12)7-9-19-17(22)8-10-21-16-4-2-3-15(18)14(16)11-20-21/h2-6,11H,7-10H2,1H3,(H,19,22). The molecule has 0 aliphatic carbocycles. The molecule has 0 bridgehead atoms. The van der Waals surface area contributed by atoms with E-state index in [9.17, 15) is 4.79 Å². The predicted molar refractivity (Wildman–Crippen MR) is 89.5 cm³/mol. The number of rotatable bonds is 6. The second-order valence-corrected chi connectivity index (χ2v) is 5.81. The number of hydrogen-bond acceptors (Lipinski definition) is 3. The first-order valence-corrected chi connectivity index (χ1v) is 7.93. The second kappa shape index (κ2) is 6.87. The van der Waals surface area contributed by atoms with Crippen LogP contribution >= 0.6 is 11.6 Å². The van der Waals surface area contributed by atoms with Crippen LogP contribution in [0.4, 0.5) is 0 Å².